The molecule has 0 radical (unpaired) electrons. The number of benzene rings is 1. The Kier molecular flexibility index (Phi) is 3.26. The first-order valence-electron chi connectivity index (χ1n) is 5.51. The minimum absolute atomic E-state index is 0.0427. The van der Waals surface area contributed by atoms with E-state index < -0.39 is 23.8 Å². The van der Waals surface area contributed by atoms with Gasteiger partial charge in [-0.05, 0) is 24.6 Å². The van der Waals surface area contributed by atoms with Crippen molar-refractivity contribution >= 4 is 11.5 Å². The Hall–Kier alpha value is -1.98. The number of hydrogen-bond acceptors (Lipinski definition) is 3. The van der Waals surface area contributed by atoms with Gasteiger partial charge in [0.2, 0.25) is 0 Å². The van der Waals surface area contributed by atoms with Crippen LogP contribution in [0, 0.1) is 0 Å². The lowest BCUT2D eigenvalue weighted by atomic mass is 10.0. The third kappa shape index (κ3) is 2.43. The number of alkyl halides is 3. The highest BCUT2D eigenvalue weighted by Crippen LogP contribution is 2.35. The molecule has 1 aromatic carbocycles. The summed E-state index contributed by atoms with van der Waals surface area (Å²) in [6.07, 6.45) is -5.06. The SMILES string of the molecule is COC1=C(c2cccc(C(F)(F)F)c2)C(=O)OC1C. The summed E-state index contributed by atoms with van der Waals surface area (Å²) in [5.41, 5.74) is -0.637. The lowest BCUT2D eigenvalue weighted by molar-refractivity contribution is -0.139. The van der Waals surface area contributed by atoms with E-state index in [1.54, 1.807) is 6.92 Å². The van der Waals surface area contributed by atoms with Crippen LogP contribution in [0.2, 0.25) is 0 Å². The second-order valence-corrected chi connectivity index (χ2v) is 4.07. The van der Waals surface area contributed by atoms with Crippen molar-refractivity contribution in [1.29, 1.82) is 0 Å². The van der Waals surface area contributed by atoms with Gasteiger partial charge in [-0.15, -0.1) is 0 Å². The second-order valence-electron chi connectivity index (χ2n) is 4.07. The normalized spacial score (nSPS) is 19.6. The summed E-state index contributed by atoms with van der Waals surface area (Å²) in [5, 5.41) is 0. The Morgan fingerprint density at radius 2 is 2.00 bits per heavy atom. The van der Waals surface area contributed by atoms with Crippen LogP contribution in [-0.2, 0) is 20.4 Å². The predicted molar refractivity (Wildman–Crippen MR) is 60.9 cm³/mol. The summed E-state index contributed by atoms with van der Waals surface area (Å²) >= 11 is 0. The van der Waals surface area contributed by atoms with Gasteiger partial charge >= 0.3 is 12.1 Å². The van der Waals surface area contributed by atoms with Crippen molar-refractivity contribution < 1.29 is 27.4 Å². The van der Waals surface area contributed by atoms with Gasteiger partial charge < -0.3 is 9.47 Å². The van der Waals surface area contributed by atoms with Crippen LogP contribution in [0.25, 0.3) is 5.57 Å². The van der Waals surface area contributed by atoms with Crippen LogP contribution in [0.5, 0.6) is 0 Å². The predicted octanol–water partition coefficient (Wildman–Crippen LogP) is 3.01. The molecule has 102 valence electrons. The topological polar surface area (TPSA) is 35.5 Å². The number of cyclic esters (lactones) is 1. The molecule has 0 saturated heterocycles. The average molecular weight is 272 g/mol. The molecule has 0 N–H and O–H groups in total. The monoisotopic (exact) mass is 272 g/mol. The largest absolute Gasteiger partial charge is 0.496 e. The van der Waals surface area contributed by atoms with Gasteiger partial charge in [0.05, 0.1) is 12.7 Å². The molecular formula is C13H11F3O3. The molecule has 1 heterocycles. The zero-order valence-corrected chi connectivity index (χ0v) is 10.2. The Bertz CT molecular complexity index is 546. The molecule has 6 heteroatoms. The van der Waals surface area contributed by atoms with Crippen LogP contribution in [-0.4, -0.2) is 19.2 Å². The van der Waals surface area contributed by atoms with E-state index in [9.17, 15) is 18.0 Å². The molecule has 19 heavy (non-hydrogen) atoms. The Balaban J connectivity index is 2.53. The number of ether oxygens (including phenoxy) is 2. The Morgan fingerprint density at radius 1 is 1.32 bits per heavy atom. The number of carbonyl (C=O) groups is 1. The lowest BCUT2D eigenvalue weighted by Crippen LogP contribution is -2.07. The molecule has 3 nitrogen and oxygen atoms in total. The number of esters is 1. The minimum Gasteiger partial charge on any atom is -0.496 e. The van der Waals surface area contributed by atoms with E-state index in [1.807, 2.05) is 0 Å². The maximum atomic E-state index is 12.6. The Morgan fingerprint density at radius 3 is 2.58 bits per heavy atom. The molecule has 1 aliphatic heterocycles. The van der Waals surface area contributed by atoms with Gasteiger partial charge in [-0.25, -0.2) is 4.79 Å². The van der Waals surface area contributed by atoms with Gasteiger partial charge in [0.25, 0.3) is 0 Å². The van der Waals surface area contributed by atoms with Crippen molar-refractivity contribution in [2.24, 2.45) is 0 Å². The molecule has 0 spiro atoms. The van der Waals surface area contributed by atoms with Crippen LogP contribution in [0.15, 0.2) is 30.0 Å². The maximum Gasteiger partial charge on any atom is 0.416 e. The highest BCUT2D eigenvalue weighted by atomic mass is 19.4. The maximum absolute atomic E-state index is 12.6. The zero-order valence-electron chi connectivity index (χ0n) is 10.2. The van der Waals surface area contributed by atoms with E-state index in [4.69, 9.17) is 9.47 Å². The first-order chi connectivity index (χ1) is 8.84. The molecular weight excluding hydrogens is 261 g/mol. The third-order valence-corrected chi connectivity index (χ3v) is 2.80. The smallest absolute Gasteiger partial charge is 0.416 e. The number of methoxy groups -OCH3 is 1. The summed E-state index contributed by atoms with van der Waals surface area (Å²) in [4.78, 5) is 11.7. The lowest BCUT2D eigenvalue weighted by Gasteiger charge is -2.09. The molecule has 0 amide bonds. The van der Waals surface area contributed by atoms with Crippen LogP contribution in [0.1, 0.15) is 18.1 Å². The summed E-state index contributed by atoms with van der Waals surface area (Å²) in [6, 6.07) is 4.52. The van der Waals surface area contributed by atoms with Gasteiger partial charge in [-0.1, -0.05) is 12.1 Å². The standard InChI is InChI=1S/C13H11F3O3/c1-7-11(18-2)10(12(17)19-7)8-4-3-5-9(6-8)13(14,15)16/h3-7H,1-2H3. The van der Waals surface area contributed by atoms with Crippen LogP contribution in [0.4, 0.5) is 13.2 Å². The van der Waals surface area contributed by atoms with Crippen molar-refractivity contribution in [1.82, 2.24) is 0 Å². The van der Waals surface area contributed by atoms with Crippen molar-refractivity contribution in [3.8, 4) is 0 Å². The molecule has 0 aromatic heterocycles. The summed E-state index contributed by atoms with van der Waals surface area (Å²) in [7, 11) is 1.35. The molecule has 0 fully saturated rings. The van der Waals surface area contributed by atoms with E-state index in [2.05, 4.69) is 0 Å². The molecule has 2 rings (SSSR count). The number of halogens is 3. The molecule has 0 bridgehead atoms. The number of rotatable bonds is 2. The van der Waals surface area contributed by atoms with E-state index >= 15 is 0 Å². The fourth-order valence-electron chi connectivity index (χ4n) is 1.96. The van der Waals surface area contributed by atoms with Crippen LogP contribution < -0.4 is 0 Å². The quantitative estimate of drug-likeness (QED) is 0.776. The van der Waals surface area contributed by atoms with Gasteiger partial charge in [-0.2, -0.15) is 13.2 Å². The van der Waals surface area contributed by atoms with E-state index in [0.717, 1.165) is 12.1 Å². The van der Waals surface area contributed by atoms with Gasteiger partial charge in [0, 0.05) is 0 Å². The second kappa shape index (κ2) is 4.60. The molecule has 1 aliphatic rings. The highest BCUT2D eigenvalue weighted by Gasteiger charge is 2.35. The molecule has 0 saturated carbocycles. The third-order valence-electron chi connectivity index (χ3n) is 2.80. The van der Waals surface area contributed by atoms with Crippen LogP contribution >= 0.6 is 0 Å². The minimum atomic E-state index is -4.46. The van der Waals surface area contributed by atoms with Crippen molar-refractivity contribution in [2.45, 2.75) is 19.2 Å². The molecule has 1 atom stereocenters. The van der Waals surface area contributed by atoms with Gasteiger partial charge in [-0.3, -0.25) is 0 Å². The number of hydrogen-bond donors (Lipinski definition) is 0. The van der Waals surface area contributed by atoms with Crippen molar-refractivity contribution in [2.75, 3.05) is 7.11 Å². The van der Waals surface area contributed by atoms with E-state index in [-0.39, 0.29) is 16.9 Å². The molecule has 1 unspecified atom stereocenters. The average Bonchev–Trinajstić information content (AvgIpc) is 2.62. The fraction of sp³-hybridized carbons (Fsp3) is 0.308. The first kappa shape index (κ1) is 13.5. The fourth-order valence-corrected chi connectivity index (χ4v) is 1.96. The summed E-state index contributed by atoms with van der Waals surface area (Å²) < 4.78 is 47.9. The molecule has 0 aliphatic carbocycles. The Labute approximate surface area is 107 Å². The van der Waals surface area contributed by atoms with E-state index in [1.165, 1.54) is 19.2 Å². The summed E-state index contributed by atoms with van der Waals surface area (Å²) in [5.74, 6) is -0.437. The molecule has 1 aromatic rings. The zero-order chi connectivity index (χ0) is 14.2. The van der Waals surface area contributed by atoms with Crippen LogP contribution in [0.3, 0.4) is 0 Å². The first-order valence-corrected chi connectivity index (χ1v) is 5.51. The van der Waals surface area contributed by atoms with Crippen molar-refractivity contribution in [3.63, 3.8) is 0 Å². The van der Waals surface area contributed by atoms with Crippen molar-refractivity contribution in [3.05, 3.63) is 41.2 Å². The highest BCUT2D eigenvalue weighted by molar-refractivity contribution is 6.19. The van der Waals surface area contributed by atoms with E-state index in [0.29, 0.717) is 0 Å². The van der Waals surface area contributed by atoms with Gasteiger partial charge in [0.1, 0.15) is 5.57 Å². The summed E-state index contributed by atoms with van der Waals surface area (Å²) in [6.45, 7) is 1.59. The number of carbonyl (C=O) groups excluding carboxylic acids is 1. The van der Waals surface area contributed by atoms with Gasteiger partial charge in [0.15, 0.2) is 11.9 Å².